The molecule has 10 heteroatoms. The Morgan fingerprint density at radius 1 is 1.19 bits per heavy atom. The van der Waals surface area contributed by atoms with E-state index in [2.05, 4.69) is 5.10 Å². The molecule has 1 saturated heterocycles. The van der Waals surface area contributed by atoms with Gasteiger partial charge in [0.25, 0.3) is 11.6 Å². The third kappa shape index (κ3) is 4.13. The average Bonchev–Trinajstić information content (AvgIpc) is 2.88. The van der Waals surface area contributed by atoms with Gasteiger partial charge in [-0.25, -0.2) is 0 Å². The number of nitrogens with zero attached hydrogens (tertiary/aromatic N) is 3. The van der Waals surface area contributed by atoms with E-state index >= 15 is 0 Å². The minimum Gasteiger partial charge on any atom is -0.508 e. The zero-order valence-corrected chi connectivity index (χ0v) is 15.1. The number of carbonyl (C=O) groups is 1. The first-order chi connectivity index (χ1) is 12.8. The number of thioether (sulfide) groups is 1. The summed E-state index contributed by atoms with van der Waals surface area (Å²) in [5, 5.41) is 34.7. The molecule has 1 fully saturated rings. The fourth-order valence-electron chi connectivity index (χ4n) is 2.16. The van der Waals surface area contributed by atoms with E-state index in [4.69, 9.17) is 12.2 Å². The van der Waals surface area contributed by atoms with E-state index in [1.807, 2.05) is 0 Å². The van der Waals surface area contributed by atoms with Gasteiger partial charge in [0, 0.05) is 23.8 Å². The minimum absolute atomic E-state index is 0.0435. The Morgan fingerprint density at radius 2 is 1.89 bits per heavy atom. The molecular weight excluding hydrogens is 390 g/mol. The summed E-state index contributed by atoms with van der Waals surface area (Å²) in [6.45, 7) is 0. The molecule has 0 aromatic heterocycles. The Balaban J connectivity index is 1.80. The van der Waals surface area contributed by atoms with Crippen LogP contribution in [0.5, 0.6) is 11.5 Å². The summed E-state index contributed by atoms with van der Waals surface area (Å²) in [6, 6.07) is 9.72. The third-order valence-corrected chi connectivity index (χ3v) is 4.78. The van der Waals surface area contributed by atoms with E-state index in [0.717, 1.165) is 22.8 Å². The van der Waals surface area contributed by atoms with Crippen LogP contribution in [0.2, 0.25) is 0 Å². The van der Waals surface area contributed by atoms with Crippen molar-refractivity contribution in [3.63, 3.8) is 0 Å². The maximum atomic E-state index is 12.5. The quantitative estimate of drug-likeness (QED) is 0.266. The van der Waals surface area contributed by atoms with Crippen LogP contribution in [0, 0.1) is 10.1 Å². The molecule has 0 aliphatic carbocycles. The van der Waals surface area contributed by atoms with Crippen molar-refractivity contribution in [3.05, 3.63) is 68.6 Å². The molecule has 27 heavy (non-hydrogen) atoms. The number of thiocarbonyl (C=S) groups is 1. The molecule has 0 bridgehead atoms. The Labute approximate surface area is 162 Å². The lowest BCUT2D eigenvalue weighted by Crippen LogP contribution is -2.22. The zero-order chi connectivity index (χ0) is 19.6. The second-order valence-corrected chi connectivity index (χ2v) is 7.01. The molecule has 2 N–H and O–H groups in total. The van der Waals surface area contributed by atoms with Gasteiger partial charge in [-0.15, -0.1) is 0 Å². The second-order valence-electron chi connectivity index (χ2n) is 5.33. The number of carbonyl (C=O) groups excluding carboxylic acids is 1. The lowest BCUT2D eigenvalue weighted by Gasteiger charge is -2.06. The number of non-ortho nitro benzene ring substituents is 1. The van der Waals surface area contributed by atoms with Crippen LogP contribution < -0.4 is 0 Å². The number of benzene rings is 2. The fraction of sp³-hybridized carbons (Fsp3) is 0. The molecular formula is C17H11N3O5S2. The van der Waals surface area contributed by atoms with Crippen molar-refractivity contribution in [3.8, 4) is 11.5 Å². The van der Waals surface area contributed by atoms with Crippen molar-refractivity contribution in [2.24, 2.45) is 5.10 Å². The highest BCUT2D eigenvalue weighted by molar-refractivity contribution is 8.26. The standard InChI is InChI=1S/C17H11N3O5S2/c21-13-6-3-11(14(22)8-13)9-18-19-16(23)15(27-17(19)26)7-10-1-4-12(5-2-10)20(24)25/h1-9,21-22H/b15-7+,18-9+. The van der Waals surface area contributed by atoms with Crippen LogP contribution in [0.25, 0.3) is 6.08 Å². The predicted molar refractivity (Wildman–Crippen MR) is 105 cm³/mol. The fourth-order valence-corrected chi connectivity index (χ4v) is 3.34. The molecule has 2 aromatic carbocycles. The monoisotopic (exact) mass is 401 g/mol. The normalized spacial score (nSPS) is 15.9. The number of nitro benzene ring substituents is 1. The van der Waals surface area contributed by atoms with Crippen molar-refractivity contribution < 1.29 is 19.9 Å². The van der Waals surface area contributed by atoms with Crippen molar-refractivity contribution in [2.75, 3.05) is 0 Å². The predicted octanol–water partition coefficient (Wildman–Crippen LogP) is 3.24. The highest BCUT2D eigenvalue weighted by atomic mass is 32.2. The number of rotatable bonds is 4. The number of phenols is 2. The van der Waals surface area contributed by atoms with Gasteiger partial charge in [0.1, 0.15) is 11.5 Å². The lowest BCUT2D eigenvalue weighted by atomic mass is 10.2. The lowest BCUT2D eigenvalue weighted by molar-refractivity contribution is -0.384. The molecule has 8 nitrogen and oxygen atoms in total. The summed E-state index contributed by atoms with van der Waals surface area (Å²) in [4.78, 5) is 23.0. The largest absolute Gasteiger partial charge is 0.508 e. The number of phenolic OH excluding ortho intramolecular Hbond substituents is 2. The van der Waals surface area contributed by atoms with Gasteiger partial charge in [-0.05, 0) is 48.1 Å². The van der Waals surface area contributed by atoms with E-state index in [9.17, 15) is 25.1 Å². The Kier molecular flexibility index (Phi) is 5.19. The number of hydrogen-bond acceptors (Lipinski definition) is 8. The zero-order valence-electron chi connectivity index (χ0n) is 13.5. The third-order valence-electron chi connectivity index (χ3n) is 3.50. The van der Waals surface area contributed by atoms with E-state index in [1.165, 1.54) is 42.6 Å². The SMILES string of the molecule is O=C1/C(=C\c2ccc([N+](=O)[O-])cc2)SC(=S)N1/N=C/c1ccc(O)cc1O. The molecule has 0 radical (unpaired) electrons. The van der Waals surface area contributed by atoms with Gasteiger partial charge in [-0.1, -0.05) is 11.8 Å². The van der Waals surface area contributed by atoms with Crippen molar-refractivity contribution >= 4 is 52.2 Å². The molecule has 0 saturated carbocycles. The highest BCUT2D eigenvalue weighted by Crippen LogP contribution is 2.33. The number of hydrazone groups is 1. The molecule has 0 unspecified atom stereocenters. The number of amides is 1. The van der Waals surface area contributed by atoms with E-state index < -0.39 is 10.8 Å². The van der Waals surface area contributed by atoms with Gasteiger partial charge in [0.05, 0.1) is 16.0 Å². The first-order valence-corrected chi connectivity index (χ1v) is 8.66. The van der Waals surface area contributed by atoms with Crippen LogP contribution in [-0.2, 0) is 4.79 Å². The summed E-state index contributed by atoms with van der Waals surface area (Å²) in [5.41, 5.74) is 0.875. The highest BCUT2D eigenvalue weighted by Gasteiger charge is 2.32. The Hall–Kier alpha value is -3.24. The van der Waals surface area contributed by atoms with Gasteiger partial charge in [0.2, 0.25) is 0 Å². The van der Waals surface area contributed by atoms with Crippen LogP contribution in [-0.4, -0.2) is 36.6 Å². The second kappa shape index (κ2) is 7.56. The van der Waals surface area contributed by atoms with E-state index in [1.54, 1.807) is 6.08 Å². The molecule has 1 aliphatic rings. The number of hydrogen-bond donors (Lipinski definition) is 2. The molecule has 3 rings (SSSR count). The van der Waals surface area contributed by atoms with Gasteiger partial charge >= 0.3 is 0 Å². The Morgan fingerprint density at radius 3 is 2.52 bits per heavy atom. The average molecular weight is 401 g/mol. The summed E-state index contributed by atoms with van der Waals surface area (Å²) in [5.74, 6) is -0.732. The van der Waals surface area contributed by atoms with Crippen LogP contribution >= 0.6 is 24.0 Å². The van der Waals surface area contributed by atoms with Crippen molar-refractivity contribution in [1.82, 2.24) is 5.01 Å². The van der Waals surface area contributed by atoms with Gasteiger partial charge < -0.3 is 10.2 Å². The van der Waals surface area contributed by atoms with Crippen LogP contribution in [0.3, 0.4) is 0 Å². The van der Waals surface area contributed by atoms with Gasteiger partial charge in [-0.3, -0.25) is 14.9 Å². The molecule has 1 amide bonds. The van der Waals surface area contributed by atoms with Crippen molar-refractivity contribution in [1.29, 1.82) is 0 Å². The maximum Gasteiger partial charge on any atom is 0.286 e. The molecule has 0 atom stereocenters. The first-order valence-electron chi connectivity index (χ1n) is 7.43. The molecule has 0 spiro atoms. The molecule has 2 aromatic rings. The van der Waals surface area contributed by atoms with E-state index in [-0.39, 0.29) is 21.5 Å². The summed E-state index contributed by atoms with van der Waals surface area (Å²) >= 11 is 6.20. The molecule has 1 heterocycles. The van der Waals surface area contributed by atoms with Crippen LogP contribution in [0.15, 0.2) is 52.5 Å². The minimum atomic E-state index is -0.503. The maximum absolute atomic E-state index is 12.5. The first kappa shape index (κ1) is 18.5. The molecule has 136 valence electrons. The molecule has 1 aliphatic heterocycles. The Bertz CT molecular complexity index is 1000. The number of nitro groups is 1. The van der Waals surface area contributed by atoms with Crippen molar-refractivity contribution in [2.45, 2.75) is 0 Å². The van der Waals surface area contributed by atoms with Gasteiger partial charge in [-0.2, -0.15) is 10.1 Å². The van der Waals surface area contributed by atoms with E-state index in [0.29, 0.717) is 16.0 Å². The summed E-state index contributed by atoms with van der Waals surface area (Å²) in [7, 11) is 0. The smallest absolute Gasteiger partial charge is 0.286 e. The van der Waals surface area contributed by atoms with Crippen LogP contribution in [0.1, 0.15) is 11.1 Å². The summed E-state index contributed by atoms with van der Waals surface area (Å²) in [6.07, 6.45) is 2.82. The topological polar surface area (TPSA) is 116 Å². The van der Waals surface area contributed by atoms with Gasteiger partial charge in [0.15, 0.2) is 4.32 Å². The number of aromatic hydroxyl groups is 2. The summed E-state index contributed by atoms with van der Waals surface area (Å²) < 4.78 is 0.211. The van der Waals surface area contributed by atoms with Crippen LogP contribution in [0.4, 0.5) is 5.69 Å².